The van der Waals surface area contributed by atoms with Gasteiger partial charge in [-0.3, -0.25) is 5.32 Å². The third-order valence-corrected chi connectivity index (χ3v) is 4.77. The molecule has 0 saturated carbocycles. The van der Waals surface area contributed by atoms with Gasteiger partial charge in [-0.05, 0) is 35.7 Å². The summed E-state index contributed by atoms with van der Waals surface area (Å²) in [4.78, 5) is 12.0. The highest BCUT2D eigenvalue weighted by Gasteiger charge is 2.10. The van der Waals surface area contributed by atoms with E-state index >= 15 is 0 Å². The van der Waals surface area contributed by atoms with Crippen LogP contribution in [-0.2, 0) is 12.8 Å². The molecule has 2 amide bonds. The van der Waals surface area contributed by atoms with Crippen LogP contribution in [0.2, 0.25) is 0 Å². The number of hydrogen-bond acceptors (Lipinski definition) is 5. The Hall–Kier alpha value is -3.44. The van der Waals surface area contributed by atoms with Gasteiger partial charge in [0.05, 0.1) is 0 Å². The van der Waals surface area contributed by atoms with E-state index < -0.39 is 0 Å². The lowest BCUT2D eigenvalue weighted by Gasteiger charge is -2.06. The average Bonchev–Trinajstić information content (AvgIpc) is 3.16. The van der Waals surface area contributed by atoms with Crippen molar-refractivity contribution < 1.29 is 13.9 Å². The molecule has 0 aliphatic carbocycles. The van der Waals surface area contributed by atoms with E-state index in [1.54, 1.807) is 18.2 Å². The molecule has 0 atom stereocenters. The molecular formula is C21H19FN4O2S. The summed E-state index contributed by atoms with van der Waals surface area (Å²) in [7, 11) is 0. The summed E-state index contributed by atoms with van der Waals surface area (Å²) in [6.45, 7) is 0.686. The standard InChI is InChI=1S/C21H19FN4O2S/c1-2-13-28-17-9-7-15(8-10-17)11-12-23-20(27)24-21-26-25-19(29-21)14-16-5-3-4-6-18(16)22/h1,3-10H,11-14H2,(H2,23,24,26,27). The maximum atomic E-state index is 13.7. The van der Waals surface area contributed by atoms with Crippen molar-refractivity contribution in [3.8, 4) is 18.1 Å². The van der Waals surface area contributed by atoms with Gasteiger partial charge >= 0.3 is 6.03 Å². The van der Waals surface area contributed by atoms with E-state index in [0.29, 0.717) is 40.8 Å². The molecule has 1 aromatic heterocycles. The Balaban J connectivity index is 1.42. The smallest absolute Gasteiger partial charge is 0.321 e. The van der Waals surface area contributed by atoms with Gasteiger partial charge < -0.3 is 10.1 Å². The maximum absolute atomic E-state index is 13.7. The summed E-state index contributed by atoms with van der Waals surface area (Å²) in [5.41, 5.74) is 1.59. The molecule has 148 valence electrons. The fourth-order valence-electron chi connectivity index (χ4n) is 2.52. The molecule has 3 rings (SSSR count). The summed E-state index contributed by atoms with van der Waals surface area (Å²) >= 11 is 1.21. The zero-order valence-corrected chi connectivity index (χ0v) is 16.3. The minimum absolute atomic E-state index is 0.231. The lowest BCUT2D eigenvalue weighted by Crippen LogP contribution is -2.30. The van der Waals surface area contributed by atoms with Gasteiger partial charge in [0.2, 0.25) is 5.13 Å². The molecule has 0 spiro atoms. The topological polar surface area (TPSA) is 76.1 Å². The number of rotatable bonds is 8. The van der Waals surface area contributed by atoms with E-state index in [2.05, 4.69) is 26.8 Å². The van der Waals surface area contributed by atoms with E-state index in [1.807, 2.05) is 24.3 Å². The molecule has 8 heteroatoms. The minimum atomic E-state index is -0.368. The van der Waals surface area contributed by atoms with Gasteiger partial charge in [-0.1, -0.05) is 47.6 Å². The zero-order chi connectivity index (χ0) is 20.5. The second-order valence-electron chi connectivity index (χ2n) is 6.04. The SMILES string of the molecule is C#CCOc1ccc(CCNC(=O)Nc2nnc(Cc3ccccc3F)s2)cc1. The number of nitrogens with one attached hydrogen (secondary N) is 2. The summed E-state index contributed by atoms with van der Waals surface area (Å²) in [5.74, 6) is 2.83. The monoisotopic (exact) mass is 410 g/mol. The Kier molecular flexibility index (Phi) is 7.14. The third-order valence-electron chi connectivity index (χ3n) is 3.93. The summed E-state index contributed by atoms with van der Waals surface area (Å²) in [5, 5.41) is 14.3. The van der Waals surface area contributed by atoms with Crippen LogP contribution in [0.1, 0.15) is 16.1 Å². The highest BCUT2D eigenvalue weighted by molar-refractivity contribution is 7.15. The molecule has 29 heavy (non-hydrogen) atoms. The van der Waals surface area contributed by atoms with Crippen LogP contribution in [-0.4, -0.2) is 29.4 Å². The molecule has 2 N–H and O–H groups in total. The summed E-state index contributed by atoms with van der Waals surface area (Å²) in [6, 6.07) is 13.7. The number of anilines is 1. The molecule has 2 aromatic carbocycles. The van der Waals surface area contributed by atoms with Crippen molar-refractivity contribution in [1.82, 2.24) is 15.5 Å². The van der Waals surface area contributed by atoms with Crippen molar-refractivity contribution in [3.05, 3.63) is 70.5 Å². The first-order valence-corrected chi connectivity index (χ1v) is 9.71. The first-order chi connectivity index (χ1) is 14.1. The fraction of sp³-hybridized carbons (Fsp3) is 0.190. The Morgan fingerprint density at radius 3 is 2.72 bits per heavy atom. The largest absolute Gasteiger partial charge is 0.481 e. The quantitative estimate of drug-likeness (QED) is 0.556. The Morgan fingerprint density at radius 2 is 1.97 bits per heavy atom. The molecule has 0 aliphatic rings. The molecule has 0 unspecified atom stereocenters. The predicted molar refractivity (Wildman–Crippen MR) is 111 cm³/mol. The first kappa shape index (κ1) is 20.3. The molecular weight excluding hydrogens is 391 g/mol. The second kappa shape index (κ2) is 10.2. The van der Waals surface area contributed by atoms with Gasteiger partial charge in [0.15, 0.2) is 0 Å². The number of ether oxygens (including phenoxy) is 1. The number of benzene rings is 2. The van der Waals surface area contributed by atoms with Crippen molar-refractivity contribution in [2.45, 2.75) is 12.8 Å². The number of urea groups is 1. The Labute approximate surface area is 172 Å². The number of nitrogens with zero attached hydrogens (tertiary/aromatic N) is 2. The van der Waals surface area contributed by atoms with Gasteiger partial charge in [0.1, 0.15) is 23.2 Å². The van der Waals surface area contributed by atoms with E-state index in [-0.39, 0.29) is 18.5 Å². The molecule has 3 aromatic rings. The molecule has 1 heterocycles. The van der Waals surface area contributed by atoms with Crippen LogP contribution < -0.4 is 15.4 Å². The highest BCUT2D eigenvalue weighted by Crippen LogP contribution is 2.19. The number of terminal acetylenes is 1. The van der Waals surface area contributed by atoms with Crippen LogP contribution in [0.4, 0.5) is 14.3 Å². The molecule has 0 aliphatic heterocycles. The third kappa shape index (κ3) is 6.30. The van der Waals surface area contributed by atoms with Crippen LogP contribution in [0, 0.1) is 18.2 Å². The van der Waals surface area contributed by atoms with Crippen LogP contribution in [0.15, 0.2) is 48.5 Å². The zero-order valence-electron chi connectivity index (χ0n) is 15.5. The summed E-state index contributed by atoms with van der Waals surface area (Å²) < 4.78 is 19.0. The van der Waals surface area contributed by atoms with Crippen molar-refractivity contribution in [3.63, 3.8) is 0 Å². The number of carbonyl (C=O) groups excluding carboxylic acids is 1. The number of halogens is 1. The van der Waals surface area contributed by atoms with Gasteiger partial charge in [-0.15, -0.1) is 16.6 Å². The van der Waals surface area contributed by atoms with Crippen LogP contribution in [0.25, 0.3) is 0 Å². The van der Waals surface area contributed by atoms with Crippen molar-refractivity contribution in [2.24, 2.45) is 0 Å². The number of aromatic nitrogens is 2. The van der Waals surface area contributed by atoms with Crippen molar-refractivity contribution in [2.75, 3.05) is 18.5 Å². The van der Waals surface area contributed by atoms with Gasteiger partial charge in [0.25, 0.3) is 0 Å². The van der Waals surface area contributed by atoms with Crippen molar-refractivity contribution in [1.29, 1.82) is 0 Å². The Bertz CT molecular complexity index is 998. The first-order valence-electron chi connectivity index (χ1n) is 8.90. The van der Waals surface area contributed by atoms with Gasteiger partial charge in [0, 0.05) is 13.0 Å². The molecule has 0 radical (unpaired) electrons. The van der Waals surface area contributed by atoms with Crippen LogP contribution in [0.5, 0.6) is 5.75 Å². The lowest BCUT2D eigenvalue weighted by molar-refractivity contribution is 0.252. The minimum Gasteiger partial charge on any atom is -0.481 e. The maximum Gasteiger partial charge on any atom is 0.321 e. The van der Waals surface area contributed by atoms with Gasteiger partial charge in [-0.2, -0.15) is 0 Å². The van der Waals surface area contributed by atoms with Crippen LogP contribution >= 0.6 is 11.3 Å². The average molecular weight is 410 g/mol. The number of carbonyl (C=O) groups is 1. The van der Waals surface area contributed by atoms with Gasteiger partial charge in [-0.25, -0.2) is 9.18 Å². The predicted octanol–water partition coefficient (Wildman–Crippen LogP) is 3.64. The summed E-state index contributed by atoms with van der Waals surface area (Å²) in [6.07, 6.45) is 6.15. The number of amides is 2. The highest BCUT2D eigenvalue weighted by atomic mass is 32.1. The second-order valence-corrected chi connectivity index (χ2v) is 7.10. The number of hydrogen-bond donors (Lipinski definition) is 2. The van der Waals surface area contributed by atoms with E-state index in [4.69, 9.17) is 11.2 Å². The van der Waals surface area contributed by atoms with Crippen LogP contribution in [0.3, 0.4) is 0 Å². The molecule has 0 bridgehead atoms. The fourth-order valence-corrected chi connectivity index (χ4v) is 3.28. The van der Waals surface area contributed by atoms with E-state index in [0.717, 1.165) is 5.56 Å². The normalized spacial score (nSPS) is 10.2. The van der Waals surface area contributed by atoms with E-state index in [9.17, 15) is 9.18 Å². The Morgan fingerprint density at radius 1 is 1.17 bits per heavy atom. The van der Waals surface area contributed by atoms with Crippen molar-refractivity contribution >= 4 is 22.5 Å². The molecule has 6 nitrogen and oxygen atoms in total. The molecule has 0 fully saturated rings. The van der Waals surface area contributed by atoms with E-state index in [1.165, 1.54) is 17.4 Å². The molecule has 0 saturated heterocycles. The lowest BCUT2D eigenvalue weighted by atomic mass is 10.1.